The zero-order valence-corrected chi connectivity index (χ0v) is 13.7. The van der Waals surface area contributed by atoms with Crippen LogP contribution in [0.3, 0.4) is 0 Å². The molecule has 0 heterocycles. The Labute approximate surface area is 134 Å². The minimum atomic E-state index is -3.87. The molecule has 1 atom stereocenters. The number of carboxylic acids is 1. The number of nitrogens with one attached hydrogen (secondary N) is 1. The standard InChI is InChI=1S/C11H16N2O4S.Na/c1-8-2-4-9(5-3-8)18(16,17)13-10(6-7-12)11(14)15;/h2-5,10,13H,6-7,12H2,1H3,(H,14,15);/q;+1/p-1. The summed E-state index contributed by atoms with van der Waals surface area (Å²) in [5, 5.41) is 10.8. The van der Waals surface area contributed by atoms with Crippen LogP contribution < -0.4 is 45.1 Å². The van der Waals surface area contributed by atoms with E-state index in [1.54, 1.807) is 12.1 Å². The molecule has 0 aliphatic heterocycles. The summed E-state index contributed by atoms with van der Waals surface area (Å²) in [5.74, 6) is -1.49. The molecule has 0 saturated heterocycles. The molecule has 0 aliphatic carbocycles. The summed E-state index contributed by atoms with van der Waals surface area (Å²) >= 11 is 0. The molecule has 0 fully saturated rings. The van der Waals surface area contributed by atoms with Crippen molar-refractivity contribution in [3.05, 3.63) is 29.8 Å². The van der Waals surface area contributed by atoms with E-state index in [-0.39, 0.29) is 47.4 Å². The molecule has 0 amide bonds. The van der Waals surface area contributed by atoms with Gasteiger partial charge in [0.05, 0.1) is 16.9 Å². The summed E-state index contributed by atoms with van der Waals surface area (Å²) in [4.78, 5) is 10.8. The van der Waals surface area contributed by atoms with Gasteiger partial charge < -0.3 is 15.6 Å². The summed E-state index contributed by atoms with van der Waals surface area (Å²) in [6, 6.07) is 4.76. The number of carboxylic acid groups (broad SMARTS) is 1. The van der Waals surface area contributed by atoms with Gasteiger partial charge in [-0.1, -0.05) is 17.7 Å². The Balaban J connectivity index is 0.00000324. The number of carbonyl (C=O) groups is 1. The fourth-order valence-corrected chi connectivity index (χ4v) is 2.58. The summed E-state index contributed by atoms with van der Waals surface area (Å²) < 4.78 is 25.8. The molecule has 1 aromatic carbocycles. The van der Waals surface area contributed by atoms with Gasteiger partial charge in [0.15, 0.2) is 0 Å². The van der Waals surface area contributed by atoms with E-state index < -0.39 is 22.0 Å². The molecule has 0 aromatic heterocycles. The second-order valence-electron chi connectivity index (χ2n) is 3.88. The predicted octanol–water partition coefficient (Wildman–Crippen LogP) is -4.26. The van der Waals surface area contributed by atoms with Gasteiger partial charge in [-0.2, -0.15) is 0 Å². The van der Waals surface area contributed by atoms with Gasteiger partial charge in [-0.15, -0.1) is 0 Å². The summed E-state index contributed by atoms with van der Waals surface area (Å²) in [6.45, 7) is 1.87. The molecule has 1 unspecified atom stereocenters. The Morgan fingerprint density at radius 3 is 2.32 bits per heavy atom. The van der Waals surface area contributed by atoms with Crippen molar-refractivity contribution in [2.45, 2.75) is 24.3 Å². The Hall–Kier alpha value is -0.440. The maximum Gasteiger partial charge on any atom is 1.00 e. The zero-order chi connectivity index (χ0) is 13.8. The molecule has 0 radical (unpaired) electrons. The van der Waals surface area contributed by atoms with Crippen molar-refractivity contribution in [3.63, 3.8) is 0 Å². The molecule has 1 rings (SSSR count). The average molecular weight is 294 g/mol. The number of hydrogen-bond acceptors (Lipinski definition) is 5. The summed E-state index contributed by atoms with van der Waals surface area (Å²) in [6.07, 6.45) is -0.0204. The molecule has 6 nitrogen and oxygen atoms in total. The number of aryl methyl sites for hydroxylation is 1. The van der Waals surface area contributed by atoms with Crippen molar-refractivity contribution in [2.75, 3.05) is 6.54 Å². The number of sulfonamides is 1. The third-order valence-corrected chi connectivity index (χ3v) is 3.86. The second-order valence-corrected chi connectivity index (χ2v) is 5.60. The van der Waals surface area contributed by atoms with E-state index in [2.05, 4.69) is 4.72 Å². The Kier molecular flexibility index (Phi) is 7.80. The first-order valence-corrected chi connectivity index (χ1v) is 6.85. The van der Waals surface area contributed by atoms with Crippen molar-refractivity contribution >= 4 is 16.0 Å². The van der Waals surface area contributed by atoms with Crippen molar-refractivity contribution in [1.82, 2.24) is 4.72 Å². The average Bonchev–Trinajstić information content (AvgIpc) is 2.28. The van der Waals surface area contributed by atoms with Gasteiger partial charge >= 0.3 is 29.6 Å². The topological polar surface area (TPSA) is 112 Å². The van der Waals surface area contributed by atoms with Gasteiger partial charge in [0.2, 0.25) is 10.0 Å². The maximum atomic E-state index is 11.9. The molecular weight excluding hydrogens is 279 g/mol. The van der Waals surface area contributed by atoms with E-state index in [0.717, 1.165) is 5.56 Å². The number of carbonyl (C=O) groups excluding carboxylic acids is 1. The van der Waals surface area contributed by atoms with Crippen LogP contribution in [0.2, 0.25) is 0 Å². The molecule has 19 heavy (non-hydrogen) atoms. The van der Waals surface area contributed by atoms with Gasteiger partial charge in [0.25, 0.3) is 0 Å². The molecule has 0 saturated carbocycles. The minimum Gasteiger partial charge on any atom is -0.548 e. The van der Waals surface area contributed by atoms with Crippen molar-refractivity contribution in [2.24, 2.45) is 5.73 Å². The predicted molar refractivity (Wildman–Crippen MR) is 64.0 cm³/mol. The van der Waals surface area contributed by atoms with Crippen LogP contribution in [0, 0.1) is 6.92 Å². The largest absolute Gasteiger partial charge is 1.00 e. The summed E-state index contributed by atoms with van der Waals surface area (Å²) in [5.41, 5.74) is 6.13. The fourth-order valence-electron chi connectivity index (χ4n) is 1.36. The van der Waals surface area contributed by atoms with E-state index in [1.807, 2.05) is 6.92 Å². The molecular formula is C11H15N2NaO4S. The monoisotopic (exact) mass is 294 g/mol. The van der Waals surface area contributed by atoms with Crippen LogP contribution >= 0.6 is 0 Å². The van der Waals surface area contributed by atoms with E-state index in [9.17, 15) is 18.3 Å². The number of rotatable bonds is 6. The second kappa shape index (κ2) is 7.98. The van der Waals surface area contributed by atoms with Gasteiger partial charge in [0.1, 0.15) is 0 Å². The van der Waals surface area contributed by atoms with E-state index in [4.69, 9.17) is 5.73 Å². The smallest absolute Gasteiger partial charge is 0.548 e. The van der Waals surface area contributed by atoms with Gasteiger partial charge in [-0.25, -0.2) is 13.1 Å². The van der Waals surface area contributed by atoms with Crippen LogP contribution in [0.1, 0.15) is 12.0 Å². The third kappa shape index (κ3) is 5.60. The van der Waals surface area contributed by atoms with Crippen LogP contribution in [0.4, 0.5) is 0 Å². The van der Waals surface area contributed by atoms with E-state index in [0.29, 0.717) is 0 Å². The summed E-state index contributed by atoms with van der Waals surface area (Å²) in [7, 11) is -3.87. The fraction of sp³-hybridized carbons (Fsp3) is 0.364. The first-order chi connectivity index (χ1) is 8.36. The molecule has 8 heteroatoms. The number of nitrogens with two attached hydrogens (primary N) is 1. The first kappa shape index (κ1) is 18.6. The molecule has 0 aliphatic rings. The Morgan fingerprint density at radius 1 is 1.37 bits per heavy atom. The van der Waals surface area contributed by atoms with Gasteiger partial charge in [0, 0.05) is 0 Å². The minimum absolute atomic E-state index is 0. The van der Waals surface area contributed by atoms with Crippen LogP contribution in [0.15, 0.2) is 29.2 Å². The zero-order valence-electron chi connectivity index (χ0n) is 10.9. The van der Waals surface area contributed by atoms with Crippen molar-refractivity contribution in [3.8, 4) is 0 Å². The third-order valence-electron chi connectivity index (χ3n) is 2.37. The van der Waals surface area contributed by atoms with Crippen molar-refractivity contribution in [1.29, 1.82) is 0 Å². The Morgan fingerprint density at radius 2 is 1.89 bits per heavy atom. The van der Waals surface area contributed by atoms with Crippen LogP contribution in [0.5, 0.6) is 0 Å². The van der Waals surface area contributed by atoms with E-state index in [1.165, 1.54) is 12.1 Å². The molecule has 0 spiro atoms. The number of benzene rings is 1. The first-order valence-electron chi connectivity index (χ1n) is 5.37. The SMILES string of the molecule is Cc1ccc(S(=O)(=O)NC(CCN)C(=O)[O-])cc1.[Na+]. The van der Waals surface area contributed by atoms with Gasteiger partial charge in [-0.3, -0.25) is 0 Å². The molecule has 3 N–H and O–H groups in total. The van der Waals surface area contributed by atoms with Crippen molar-refractivity contribution < 1.29 is 47.9 Å². The normalized spacial score (nSPS) is 12.5. The van der Waals surface area contributed by atoms with Gasteiger partial charge in [-0.05, 0) is 32.0 Å². The number of hydrogen-bond donors (Lipinski definition) is 2. The Bertz CT molecular complexity index is 516. The molecule has 1 aromatic rings. The molecule has 0 bridgehead atoms. The number of aliphatic carboxylic acids is 1. The van der Waals surface area contributed by atoms with Crippen LogP contribution in [0.25, 0.3) is 0 Å². The van der Waals surface area contributed by atoms with Crippen LogP contribution in [-0.4, -0.2) is 27.0 Å². The van der Waals surface area contributed by atoms with Crippen LogP contribution in [-0.2, 0) is 14.8 Å². The molecule has 100 valence electrons. The van der Waals surface area contributed by atoms with E-state index >= 15 is 0 Å². The maximum absolute atomic E-state index is 11.9. The quantitative estimate of drug-likeness (QED) is 0.516.